The SMILES string of the molecule is C=C(c1cccc(C#N)c1F)N(CCC)C1CCCCC1. The summed E-state index contributed by atoms with van der Waals surface area (Å²) in [4.78, 5) is 2.25. The van der Waals surface area contributed by atoms with E-state index in [4.69, 9.17) is 5.26 Å². The smallest absolute Gasteiger partial charge is 0.150 e. The molecule has 1 aliphatic rings. The standard InChI is InChI=1S/C18H23FN2/c1-3-12-21(16-9-5-4-6-10-16)14(2)17-11-7-8-15(13-20)18(17)19/h7-8,11,16H,2-6,9-10,12H2,1H3. The lowest BCUT2D eigenvalue weighted by Gasteiger charge is -2.37. The normalized spacial score (nSPS) is 15.5. The highest BCUT2D eigenvalue weighted by molar-refractivity contribution is 5.64. The Kier molecular flexibility index (Phi) is 5.38. The van der Waals surface area contributed by atoms with Gasteiger partial charge in [-0.3, -0.25) is 0 Å². The zero-order chi connectivity index (χ0) is 15.2. The summed E-state index contributed by atoms with van der Waals surface area (Å²) in [6.45, 7) is 7.15. The molecule has 112 valence electrons. The molecule has 1 saturated carbocycles. The van der Waals surface area contributed by atoms with Gasteiger partial charge in [-0.05, 0) is 31.4 Å². The van der Waals surface area contributed by atoms with Crippen LogP contribution < -0.4 is 0 Å². The first-order valence-corrected chi connectivity index (χ1v) is 7.83. The molecule has 0 unspecified atom stereocenters. The molecule has 0 bridgehead atoms. The van der Waals surface area contributed by atoms with Crippen LogP contribution in [0, 0.1) is 17.1 Å². The molecule has 1 aromatic carbocycles. The van der Waals surface area contributed by atoms with Gasteiger partial charge in [-0.1, -0.05) is 38.8 Å². The average Bonchev–Trinajstić information content (AvgIpc) is 2.53. The Balaban J connectivity index is 2.28. The van der Waals surface area contributed by atoms with Crippen LogP contribution in [0.3, 0.4) is 0 Å². The predicted molar refractivity (Wildman–Crippen MR) is 84.0 cm³/mol. The van der Waals surface area contributed by atoms with Crippen molar-refractivity contribution in [3.63, 3.8) is 0 Å². The van der Waals surface area contributed by atoms with E-state index in [1.54, 1.807) is 12.1 Å². The number of halogens is 1. The van der Waals surface area contributed by atoms with Gasteiger partial charge in [0.05, 0.1) is 5.56 Å². The van der Waals surface area contributed by atoms with Gasteiger partial charge >= 0.3 is 0 Å². The van der Waals surface area contributed by atoms with Crippen LogP contribution in [-0.4, -0.2) is 17.5 Å². The van der Waals surface area contributed by atoms with E-state index in [2.05, 4.69) is 18.4 Å². The molecule has 0 aliphatic heterocycles. The number of nitriles is 1. The molecule has 0 amide bonds. The Morgan fingerprint density at radius 3 is 2.71 bits per heavy atom. The Morgan fingerprint density at radius 1 is 1.38 bits per heavy atom. The van der Waals surface area contributed by atoms with Crippen molar-refractivity contribution < 1.29 is 4.39 Å². The average molecular weight is 286 g/mol. The molecule has 1 aliphatic carbocycles. The fraction of sp³-hybridized carbons (Fsp3) is 0.500. The molecule has 0 radical (unpaired) electrons. The van der Waals surface area contributed by atoms with Crippen LogP contribution in [0.25, 0.3) is 5.70 Å². The zero-order valence-corrected chi connectivity index (χ0v) is 12.7. The fourth-order valence-electron chi connectivity index (χ4n) is 3.17. The van der Waals surface area contributed by atoms with Crippen molar-refractivity contribution in [3.8, 4) is 6.07 Å². The second kappa shape index (κ2) is 7.26. The quantitative estimate of drug-likeness (QED) is 0.783. The molecule has 2 rings (SSSR count). The maximum absolute atomic E-state index is 14.4. The van der Waals surface area contributed by atoms with E-state index in [1.165, 1.54) is 25.3 Å². The van der Waals surface area contributed by atoms with Gasteiger partial charge < -0.3 is 4.90 Å². The molecule has 1 aromatic rings. The number of hydrogen-bond acceptors (Lipinski definition) is 2. The minimum atomic E-state index is -0.443. The van der Waals surface area contributed by atoms with Crippen molar-refractivity contribution in [2.75, 3.05) is 6.54 Å². The van der Waals surface area contributed by atoms with E-state index in [-0.39, 0.29) is 5.56 Å². The van der Waals surface area contributed by atoms with Crippen LogP contribution in [0.2, 0.25) is 0 Å². The second-order valence-corrected chi connectivity index (χ2v) is 5.71. The Bertz CT molecular complexity index is 539. The lowest BCUT2D eigenvalue weighted by molar-refractivity contribution is 0.231. The van der Waals surface area contributed by atoms with Gasteiger partial charge in [-0.2, -0.15) is 5.26 Å². The molecule has 0 heterocycles. The number of hydrogen-bond donors (Lipinski definition) is 0. The van der Waals surface area contributed by atoms with Crippen LogP contribution in [-0.2, 0) is 0 Å². The first-order chi connectivity index (χ1) is 10.2. The fourth-order valence-corrected chi connectivity index (χ4v) is 3.17. The maximum Gasteiger partial charge on any atom is 0.150 e. The molecule has 0 aromatic heterocycles. The third kappa shape index (κ3) is 3.44. The van der Waals surface area contributed by atoms with E-state index >= 15 is 0 Å². The molecule has 21 heavy (non-hydrogen) atoms. The Labute approximate surface area is 126 Å². The highest BCUT2D eigenvalue weighted by atomic mass is 19.1. The molecular weight excluding hydrogens is 263 g/mol. The zero-order valence-electron chi connectivity index (χ0n) is 12.7. The van der Waals surface area contributed by atoms with Gasteiger partial charge in [0.15, 0.2) is 0 Å². The molecule has 1 fully saturated rings. The van der Waals surface area contributed by atoms with E-state index in [1.807, 2.05) is 6.07 Å². The summed E-state index contributed by atoms with van der Waals surface area (Å²) in [6, 6.07) is 7.33. The van der Waals surface area contributed by atoms with Gasteiger partial charge in [-0.25, -0.2) is 4.39 Å². The summed E-state index contributed by atoms with van der Waals surface area (Å²) < 4.78 is 14.4. The predicted octanol–water partition coefficient (Wildman–Crippen LogP) is 4.71. The largest absolute Gasteiger partial charge is 0.368 e. The summed E-state index contributed by atoms with van der Waals surface area (Å²) in [7, 11) is 0. The van der Waals surface area contributed by atoms with E-state index < -0.39 is 5.82 Å². The minimum absolute atomic E-state index is 0.0914. The highest BCUT2D eigenvalue weighted by Crippen LogP contribution is 2.30. The summed E-state index contributed by atoms with van der Waals surface area (Å²) in [5.74, 6) is -0.443. The number of benzene rings is 1. The minimum Gasteiger partial charge on any atom is -0.368 e. The molecule has 0 spiro atoms. The molecule has 0 saturated heterocycles. The first-order valence-electron chi connectivity index (χ1n) is 7.83. The van der Waals surface area contributed by atoms with Crippen LogP contribution in [0.15, 0.2) is 24.8 Å². The highest BCUT2D eigenvalue weighted by Gasteiger charge is 2.24. The van der Waals surface area contributed by atoms with Gasteiger partial charge in [-0.15, -0.1) is 0 Å². The second-order valence-electron chi connectivity index (χ2n) is 5.71. The van der Waals surface area contributed by atoms with Crippen molar-refractivity contribution >= 4 is 5.70 Å². The third-order valence-corrected chi connectivity index (χ3v) is 4.26. The third-order valence-electron chi connectivity index (χ3n) is 4.26. The molecular formula is C18H23FN2. The Morgan fingerprint density at radius 2 is 2.10 bits per heavy atom. The monoisotopic (exact) mass is 286 g/mol. The number of rotatable bonds is 5. The maximum atomic E-state index is 14.4. The summed E-state index contributed by atoms with van der Waals surface area (Å²) in [5.41, 5.74) is 1.28. The van der Waals surface area contributed by atoms with E-state index in [0.717, 1.165) is 31.5 Å². The summed E-state index contributed by atoms with van der Waals surface area (Å²) in [6.07, 6.45) is 7.07. The van der Waals surface area contributed by atoms with Crippen molar-refractivity contribution in [1.29, 1.82) is 5.26 Å². The molecule has 2 nitrogen and oxygen atoms in total. The summed E-state index contributed by atoms with van der Waals surface area (Å²) >= 11 is 0. The van der Waals surface area contributed by atoms with Crippen LogP contribution in [0.5, 0.6) is 0 Å². The van der Waals surface area contributed by atoms with Gasteiger partial charge in [0, 0.05) is 23.8 Å². The Hall–Kier alpha value is -1.82. The van der Waals surface area contributed by atoms with Crippen molar-refractivity contribution in [3.05, 3.63) is 41.7 Å². The van der Waals surface area contributed by atoms with E-state index in [0.29, 0.717) is 11.6 Å². The van der Waals surface area contributed by atoms with Crippen molar-refractivity contribution in [2.45, 2.75) is 51.5 Å². The van der Waals surface area contributed by atoms with Gasteiger partial charge in [0.25, 0.3) is 0 Å². The van der Waals surface area contributed by atoms with Crippen molar-refractivity contribution in [2.24, 2.45) is 0 Å². The van der Waals surface area contributed by atoms with Crippen molar-refractivity contribution in [1.82, 2.24) is 4.90 Å². The van der Waals surface area contributed by atoms with Gasteiger partial charge in [0.1, 0.15) is 11.9 Å². The van der Waals surface area contributed by atoms with Crippen LogP contribution in [0.1, 0.15) is 56.6 Å². The van der Waals surface area contributed by atoms with Crippen LogP contribution >= 0.6 is 0 Å². The summed E-state index contributed by atoms with van der Waals surface area (Å²) in [5, 5.41) is 8.98. The van der Waals surface area contributed by atoms with E-state index in [9.17, 15) is 4.39 Å². The topological polar surface area (TPSA) is 27.0 Å². The molecule has 3 heteroatoms. The number of nitrogens with zero attached hydrogens (tertiary/aromatic N) is 2. The molecule has 0 N–H and O–H groups in total. The molecule has 0 atom stereocenters. The van der Waals surface area contributed by atoms with Gasteiger partial charge in [0.2, 0.25) is 0 Å². The first kappa shape index (κ1) is 15.6. The lowest BCUT2D eigenvalue weighted by atomic mass is 9.93. The van der Waals surface area contributed by atoms with Crippen LogP contribution in [0.4, 0.5) is 4.39 Å². The lowest BCUT2D eigenvalue weighted by Crippen LogP contribution is -2.36.